The number of nitrogens with zero attached hydrogens (tertiary/aromatic N) is 2. The summed E-state index contributed by atoms with van der Waals surface area (Å²) in [5.41, 5.74) is 3.00. The molecule has 0 bridgehead atoms. The van der Waals surface area contributed by atoms with Crippen LogP contribution in [0, 0.1) is 0 Å². The zero-order valence-electron chi connectivity index (χ0n) is 22.0. The van der Waals surface area contributed by atoms with Crippen molar-refractivity contribution in [2.75, 3.05) is 25.9 Å². The van der Waals surface area contributed by atoms with E-state index >= 15 is 0 Å². The van der Waals surface area contributed by atoms with Gasteiger partial charge in [-0.3, -0.25) is 9.59 Å². The first-order chi connectivity index (χ1) is 19.4. The van der Waals surface area contributed by atoms with Crippen LogP contribution >= 0.6 is 23.2 Å². The molecule has 2 aliphatic rings. The molecule has 0 unspecified atom stereocenters. The Kier molecular flexibility index (Phi) is 8.15. The molecule has 2 aliphatic heterocycles. The Morgan fingerprint density at radius 1 is 1.12 bits per heavy atom. The van der Waals surface area contributed by atoms with Gasteiger partial charge in [0.1, 0.15) is 11.6 Å². The first kappa shape index (κ1) is 29.1. The number of hydrogen-bond donors (Lipinski definition) is 2. The van der Waals surface area contributed by atoms with Gasteiger partial charge in [0.05, 0.1) is 28.1 Å². The maximum atomic E-state index is 13.3. The smallest absolute Gasteiger partial charge is 0.326 e. The van der Waals surface area contributed by atoms with Crippen molar-refractivity contribution in [1.29, 1.82) is 0 Å². The second kappa shape index (κ2) is 11.5. The first-order valence-corrected chi connectivity index (χ1v) is 15.5. The Bertz CT molecular complexity index is 1700. The first-order valence-electron chi connectivity index (χ1n) is 12.9. The number of sulfonamides is 1. The van der Waals surface area contributed by atoms with Gasteiger partial charge in [-0.15, -0.1) is 0 Å². The number of hydrogen-bond acceptors (Lipinski definition) is 6. The molecule has 3 heterocycles. The van der Waals surface area contributed by atoms with E-state index in [-0.39, 0.29) is 41.0 Å². The van der Waals surface area contributed by atoms with Gasteiger partial charge in [-0.05, 0) is 48.2 Å². The second-order valence-corrected chi connectivity index (χ2v) is 12.9. The normalized spacial score (nSPS) is 16.7. The summed E-state index contributed by atoms with van der Waals surface area (Å²) in [6.45, 7) is 0.958. The van der Waals surface area contributed by atoms with Gasteiger partial charge in [-0.25, -0.2) is 13.2 Å². The van der Waals surface area contributed by atoms with Gasteiger partial charge >= 0.3 is 5.97 Å². The number of fused-ring (bicyclic) bond motifs is 2. The summed E-state index contributed by atoms with van der Waals surface area (Å²) in [4.78, 5) is 40.1. The molecule has 41 heavy (non-hydrogen) atoms. The highest BCUT2D eigenvalue weighted by Gasteiger charge is 2.31. The van der Waals surface area contributed by atoms with E-state index in [2.05, 4.69) is 5.32 Å². The maximum Gasteiger partial charge on any atom is 0.326 e. The van der Waals surface area contributed by atoms with Crippen molar-refractivity contribution in [1.82, 2.24) is 14.5 Å². The van der Waals surface area contributed by atoms with Crippen molar-refractivity contribution < 1.29 is 32.3 Å². The lowest BCUT2D eigenvalue weighted by atomic mass is 9.95. The fourth-order valence-corrected chi connectivity index (χ4v) is 6.81. The highest BCUT2D eigenvalue weighted by molar-refractivity contribution is 7.88. The van der Waals surface area contributed by atoms with E-state index in [9.17, 15) is 27.9 Å². The fourth-order valence-electron chi connectivity index (χ4n) is 5.21. The van der Waals surface area contributed by atoms with Gasteiger partial charge < -0.3 is 19.7 Å². The average molecular weight is 621 g/mol. The number of amides is 2. The molecule has 0 fully saturated rings. The SMILES string of the molecule is CS(=O)(=O)N1CCC=C(C[C@H](NC(=O)c2c(Cl)cc3c(c2Cl)CCN(C(=O)c2ccc4ccoc4c2)C3)C(=O)O)C1. The third-order valence-electron chi connectivity index (χ3n) is 7.35. The predicted octanol–water partition coefficient (Wildman–Crippen LogP) is 4.10. The molecule has 1 aromatic heterocycles. The third kappa shape index (κ3) is 6.13. The number of aliphatic carboxylic acids is 1. The van der Waals surface area contributed by atoms with Crippen LogP contribution in [0.4, 0.5) is 0 Å². The molecule has 2 amide bonds. The number of carbonyl (C=O) groups is 3. The lowest BCUT2D eigenvalue weighted by Gasteiger charge is -2.30. The number of rotatable bonds is 7. The largest absolute Gasteiger partial charge is 0.480 e. The molecule has 2 N–H and O–H groups in total. The van der Waals surface area contributed by atoms with Crippen molar-refractivity contribution in [3.05, 3.63) is 80.5 Å². The van der Waals surface area contributed by atoms with Gasteiger partial charge in [0.25, 0.3) is 11.8 Å². The Morgan fingerprint density at radius 2 is 1.90 bits per heavy atom. The van der Waals surface area contributed by atoms with E-state index in [1.165, 1.54) is 4.31 Å². The van der Waals surface area contributed by atoms with Crippen LogP contribution in [-0.4, -0.2) is 72.4 Å². The van der Waals surface area contributed by atoms with Crippen molar-refractivity contribution in [2.24, 2.45) is 0 Å². The summed E-state index contributed by atoms with van der Waals surface area (Å²) in [7, 11) is -3.44. The van der Waals surface area contributed by atoms with Crippen molar-refractivity contribution in [3.8, 4) is 0 Å². The van der Waals surface area contributed by atoms with Crippen LogP contribution in [-0.2, 0) is 27.8 Å². The number of benzene rings is 2. The number of halogens is 2. The third-order valence-corrected chi connectivity index (χ3v) is 9.32. The van der Waals surface area contributed by atoms with Crippen LogP contribution in [0.25, 0.3) is 11.0 Å². The molecule has 10 nitrogen and oxygen atoms in total. The number of carboxylic acid groups (broad SMARTS) is 1. The highest BCUT2D eigenvalue weighted by atomic mass is 35.5. The average Bonchev–Trinajstić information content (AvgIpc) is 3.39. The zero-order chi connectivity index (χ0) is 29.5. The van der Waals surface area contributed by atoms with Gasteiger partial charge in [-0.1, -0.05) is 40.9 Å². The molecule has 1 atom stereocenters. The highest BCUT2D eigenvalue weighted by Crippen LogP contribution is 2.35. The summed E-state index contributed by atoms with van der Waals surface area (Å²) < 4.78 is 30.5. The minimum absolute atomic E-state index is 0.0295. The minimum atomic E-state index is -3.44. The van der Waals surface area contributed by atoms with E-state index < -0.39 is 27.9 Å². The van der Waals surface area contributed by atoms with Crippen molar-refractivity contribution >= 4 is 62.0 Å². The molecule has 216 valence electrons. The molecule has 2 aromatic carbocycles. The van der Waals surface area contributed by atoms with Crippen LogP contribution in [0.15, 0.2) is 52.7 Å². The zero-order valence-corrected chi connectivity index (χ0v) is 24.4. The summed E-state index contributed by atoms with van der Waals surface area (Å²) in [5.74, 6) is -2.21. The van der Waals surface area contributed by atoms with Crippen LogP contribution in [0.2, 0.25) is 10.0 Å². The minimum Gasteiger partial charge on any atom is -0.480 e. The number of carboxylic acids is 1. The molecular weight excluding hydrogens is 593 g/mol. The van der Waals surface area contributed by atoms with Crippen LogP contribution in [0.3, 0.4) is 0 Å². The Balaban J connectivity index is 1.32. The Morgan fingerprint density at radius 3 is 2.63 bits per heavy atom. The molecule has 0 aliphatic carbocycles. The monoisotopic (exact) mass is 619 g/mol. The number of carbonyl (C=O) groups excluding carboxylic acids is 2. The molecule has 13 heteroatoms. The quantitative estimate of drug-likeness (QED) is 0.380. The van der Waals surface area contributed by atoms with Crippen molar-refractivity contribution in [3.63, 3.8) is 0 Å². The second-order valence-electron chi connectivity index (χ2n) is 10.2. The summed E-state index contributed by atoms with van der Waals surface area (Å²) >= 11 is 13.1. The summed E-state index contributed by atoms with van der Waals surface area (Å²) in [6.07, 6.45) is 5.20. The van der Waals surface area contributed by atoms with E-state index in [1.807, 2.05) is 12.1 Å². The number of nitrogens with one attached hydrogen (secondary N) is 1. The Hall–Kier alpha value is -3.38. The molecule has 5 rings (SSSR count). The standard InChI is InChI=1S/C28H27Cl2N3O7S/c1-41(38,39)33-8-2-3-16(14-33)11-22(28(36)37)31-26(34)24-21(29)12-19-15-32(9-6-20(19)25(24)30)27(35)18-5-4-17-7-10-40-23(17)13-18/h3-5,7,10,12-13,22H,2,6,8-9,11,14-15H2,1H3,(H,31,34)(H,36,37)/t22-/m0/s1. The van der Waals surface area contributed by atoms with Crippen LogP contribution in [0.5, 0.6) is 0 Å². The summed E-state index contributed by atoms with van der Waals surface area (Å²) in [5, 5.41) is 13.3. The molecular formula is C28H27Cl2N3O7S. The van der Waals surface area contributed by atoms with E-state index in [4.69, 9.17) is 27.6 Å². The van der Waals surface area contributed by atoms with Gasteiger partial charge in [0, 0.05) is 43.5 Å². The lowest BCUT2D eigenvalue weighted by Crippen LogP contribution is -2.43. The van der Waals surface area contributed by atoms with Crippen LogP contribution < -0.4 is 5.32 Å². The maximum absolute atomic E-state index is 13.3. The molecule has 0 saturated carbocycles. The van der Waals surface area contributed by atoms with Crippen molar-refractivity contribution in [2.45, 2.75) is 31.8 Å². The predicted molar refractivity (Wildman–Crippen MR) is 154 cm³/mol. The van der Waals surface area contributed by atoms with Crippen LogP contribution in [0.1, 0.15) is 44.7 Å². The molecule has 3 aromatic rings. The van der Waals surface area contributed by atoms with E-state index in [0.717, 1.165) is 11.6 Å². The van der Waals surface area contributed by atoms with Gasteiger partial charge in [-0.2, -0.15) is 4.31 Å². The van der Waals surface area contributed by atoms with E-state index in [0.29, 0.717) is 53.8 Å². The molecule has 0 radical (unpaired) electrons. The number of furan rings is 1. The molecule has 0 saturated heterocycles. The van der Waals surface area contributed by atoms with E-state index in [1.54, 1.807) is 35.4 Å². The molecule has 0 spiro atoms. The topological polar surface area (TPSA) is 137 Å². The Labute approximate surface area is 246 Å². The summed E-state index contributed by atoms with van der Waals surface area (Å²) in [6, 6.07) is 7.33. The fraction of sp³-hybridized carbons (Fsp3) is 0.321. The lowest BCUT2D eigenvalue weighted by molar-refractivity contribution is -0.139. The van der Waals surface area contributed by atoms with Gasteiger partial charge in [0.2, 0.25) is 10.0 Å². The van der Waals surface area contributed by atoms with Gasteiger partial charge in [0.15, 0.2) is 0 Å².